The number of hydrogen-bond donors (Lipinski definition) is 1. The van der Waals surface area contributed by atoms with Crippen molar-refractivity contribution in [1.82, 2.24) is 9.97 Å². The summed E-state index contributed by atoms with van der Waals surface area (Å²) in [7, 11) is 0. The largest absolute Gasteiger partial charge is 0.447 e. The molecule has 4 rings (SSSR count). The molecule has 0 aliphatic carbocycles. The number of carbonyl (C=O) groups is 2. The van der Waals surface area contributed by atoms with E-state index in [0.717, 1.165) is 11.1 Å². The van der Waals surface area contributed by atoms with Crippen LogP contribution < -0.4 is 10.2 Å². The van der Waals surface area contributed by atoms with Crippen LogP contribution in [0.2, 0.25) is 0 Å². The number of esters is 1. The van der Waals surface area contributed by atoms with Crippen molar-refractivity contribution in [3.8, 4) is 0 Å². The van der Waals surface area contributed by atoms with Crippen molar-refractivity contribution in [1.29, 1.82) is 0 Å². The maximum Gasteiger partial charge on any atom is 0.310 e. The van der Waals surface area contributed by atoms with Gasteiger partial charge in [0, 0.05) is 36.7 Å². The Hall–Kier alpha value is -3.74. The summed E-state index contributed by atoms with van der Waals surface area (Å²) in [5.74, 6) is -0.327. The van der Waals surface area contributed by atoms with Gasteiger partial charge in [0.05, 0.1) is 5.92 Å². The second-order valence-corrected chi connectivity index (χ2v) is 8.40. The predicted molar refractivity (Wildman–Crippen MR) is 127 cm³/mol. The van der Waals surface area contributed by atoms with Gasteiger partial charge in [-0.1, -0.05) is 36.4 Å². The van der Waals surface area contributed by atoms with Crippen LogP contribution in [0.25, 0.3) is 0 Å². The normalized spacial score (nSPS) is 15.0. The van der Waals surface area contributed by atoms with Gasteiger partial charge in [-0.2, -0.15) is 0 Å². The second-order valence-electron chi connectivity index (χ2n) is 8.40. The fourth-order valence-electron chi connectivity index (χ4n) is 4.14. The van der Waals surface area contributed by atoms with E-state index in [9.17, 15) is 9.59 Å². The lowest BCUT2D eigenvalue weighted by atomic mass is 9.97. The Kier molecular flexibility index (Phi) is 6.98. The maximum absolute atomic E-state index is 13.2. The molecular weight excluding hydrogens is 416 g/mol. The molecule has 1 atom stereocenters. The molecule has 0 spiro atoms. The van der Waals surface area contributed by atoms with E-state index >= 15 is 0 Å². The van der Waals surface area contributed by atoms with Gasteiger partial charge >= 0.3 is 5.97 Å². The number of anilines is 2. The molecule has 2 heterocycles. The number of nitrogens with one attached hydrogen (secondary N) is 1. The van der Waals surface area contributed by atoms with Gasteiger partial charge in [-0.15, -0.1) is 0 Å². The van der Waals surface area contributed by atoms with E-state index in [-0.39, 0.29) is 17.8 Å². The van der Waals surface area contributed by atoms with Gasteiger partial charge in [-0.05, 0) is 56.0 Å². The molecule has 0 bridgehead atoms. The van der Waals surface area contributed by atoms with Gasteiger partial charge in [-0.3, -0.25) is 9.59 Å². The van der Waals surface area contributed by atoms with Crippen molar-refractivity contribution < 1.29 is 14.3 Å². The summed E-state index contributed by atoms with van der Waals surface area (Å²) in [4.78, 5) is 36.8. The van der Waals surface area contributed by atoms with Gasteiger partial charge in [0.2, 0.25) is 12.1 Å². The highest BCUT2D eigenvalue weighted by molar-refractivity contribution is 5.96. The van der Waals surface area contributed by atoms with Crippen LogP contribution in [0.1, 0.15) is 35.6 Å². The Balaban J connectivity index is 1.44. The molecule has 0 radical (unpaired) electrons. The molecule has 1 aliphatic rings. The first-order valence-electron chi connectivity index (χ1n) is 11.2. The monoisotopic (exact) mass is 444 g/mol. The first-order chi connectivity index (χ1) is 16.0. The van der Waals surface area contributed by atoms with Crippen molar-refractivity contribution in [2.45, 2.75) is 32.8 Å². The predicted octanol–water partition coefficient (Wildman–Crippen LogP) is 4.23. The number of benzene rings is 2. The quantitative estimate of drug-likeness (QED) is 0.573. The Morgan fingerprint density at radius 2 is 1.61 bits per heavy atom. The zero-order valence-electron chi connectivity index (χ0n) is 18.9. The van der Waals surface area contributed by atoms with Gasteiger partial charge in [-0.25, -0.2) is 9.97 Å². The molecule has 170 valence electrons. The number of nitrogens with zero attached hydrogens (tertiary/aromatic N) is 3. The Morgan fingerprint density at radius 3 is 2.24 bits per heavy atom. The van der Waals surface area contributed by atoms with Crippen LogP contribution in [0, 0.1) is 19.8 Å². The molecule has 0 saturated carbocycles. The molecule has 1 aliphatic heterocycles. The van der Waals surface area contributed by atoms with Crippen molar-refractivity contribution in [2.24, 2.45) is 5.92 Å². The van der Waals surface area contributed by atoms with Crippen molar-refractivity contribution in [3.63, 3.8) is 0 Å². The lowest BCUT2D eigenvalue weighted by Gasteiger charge is -2.31. The molecule has 1 amide bonds. The van der Waals surface area contributed by atoms with Crippen LogP contribution >= 0.6 is 0 Å². The van der Waals surface area contributed by atoms with Crippen LogP contribution in [-0.2, 0) is 14.3 Å². The third kappa shape index (κ3) is 5.74. The SMILES string of the molecule is Cc1cc(C)cc(NC(=O)C(OC(=O)C2CCN(c3ncccn3)CC2)c2ccccc2)c1. The van der Waals surface area contributed by atoms with E-state index in [0.29, 0.717) is 43.1 Å². The minimum Gasteiger partial charge on any atom is -0.447 e. The molecule has 1 fully saturated rings. The highest BCUT2D eigenvalue weighted by atomic mass is 16.5. The van der Waals surface area contributed by atoms with Crippen LogP contribution in [0.3, 0.4) is 0 Å². The number of rotatable bonds is 6. The third-order valence-electron chi connectivity index (χ3n) is 5.73. The zero-order valence-corrected chi connectivity index (χ0v) is 18.9. The van der Waals surface area contributed by atoms with E-state index in [2.05, 4.69) is 20.2 Å². The van der Waals surface area contributed by atoms with Crippen LogP contribution in [-0.4, -0.2) is 34.9 Å². The van der Waals surface area contributed by atoms with Gasteiger partial charge in [0.25, 0.3) is 5.91 Å². The summed E-state index contributed by atoms with van der Waals surface area (Å²) in [6.45, 7) is 5.28. The van der Waals surface area contributed by atoms with E-state index in [4.69, 9.17) is 4.74 Å². The topological polar surface area (TPSA) is 84.4 Å². The average Bonchev–Trinajstić information content (AvgIpc) is 2.83. The molecule has 2 aromatic carbocycles. The number of carbonyl (C=O) groups excluding carboxylic acids is 2. The van der Waals surface area contributed by atoms with E-state index in [1.165, 1.54) is 0 Å². The van der Waals surface area contributed by atoms with Gasteiger partial charge < -0.3 is 15.0 Å². The second kappa shape index (κ2) is 10.3. The number of aryl methyl sites for hydroxylation is 2. The maximum atomic E-state index is 13.2. The average molecular weight is 445 g/mol. The number of hydrogen-bond acceptors (Lipinski definition) is 6. The fourth-order valence-corrected chi connectivity index (χ4v) is 4.14. The molecule has 7 nitrogen and oxygen atoms in total. The highest BCUT2D eigenvalue weighted by Gasteiger charge is 2.32. The highest BCUT2D eigenvalue weighted by Crippen LogP contribution is 2.26. The van der Waals surface area contributed by atoms with E-state index in [1.807, 2.05) is 50.2 Å². The summed E-state index contributed by atoms with van der Waals surface area (Å²) >= 11 is 0. The number of piperidine rings is 1. The minimum atomic E-state index is -1.02. The van der Waals surface area contributed by atoms with Crippen LogP contribution in [0.5, 0.6) is 0 Å². The lowest BCUT2D eigenvalue weighted by Crippen LogP contribution is -2.38. The Bertz CT molecular complexity index is 1080. The van der Waals surface area contributed by atoms with Crippen molar-refractivity contribution in [3.05, 3.63) is 83.7 Å². The van der Waals surface area contributed by atoms with Crippen LogP contribution in [0.15, 0.2) is 67.0 Å². The van der Waals surface area contributed by atoms with E-state index < -0.39 is 6.10 Å². The summed E-state index contributed by atoms with van der Waals surface area (Å²) in [6.07, 6.45) is 3.65. The molecule has 1 unspecified atom stereocenters. The molecule has 1 saturated heterocycles. The number of aromatic nitrogens is 2. The smallest absolute Gasteiger partial charge is 0.310 e. The first-order valence-corrected chi connectivity index (χ1v) is 11.2. The number of ether oxygens (including phenoxy) is 1. The summed E-state index contributed by atoms with van der Waals surface area (Å²) in [5, 5.41) is 2.92. The van der Waals surface area contributed by atoms with Gasteiger partial charge in [0.15, 0.2) is 0 Å². The summed E-state index contributed by atoms with van der Waals surface area (Å²) in [5.41, 5.74) is 3.42. The zero-order chi connectivity index (χ0) is 23.2. The Labute approximate surface area is 193 Å². The van der Waals surface area contributed by atoms with Gasteiger partial charge in [0.1, 0.15) is 0 Å². The molecule has 1 aromatic heterocycles. The third-order valence-corrected chi connectivity index (χ3v) is 5.73. The summed E-state index contributed by atoms with van der Waals surface area (Å²) < 4.78 is 5.81. The Morgan fingerprint density at radius 1 is 0.970 bits per heavy atom. The standard InChI is InChI=1S/C26H28N4O3/c1-18-15-19(2)17-22(16-18)29-24(31)23(20-7-4-3-5-8-20)33-25(32)21-9-13-30(14-10-21)26-27-11-6-12-28-26/h3-8,11-12,15-17,21,23H,9-10,13-14H2,1-2H3,(H,29,31). The van der Waals surface area contributed by atoms with E-state index in [1.54, 1.807) is 30.6 Å². The van der Waals surface area contributed by atoms with Crippen molar-refractivity contribution in [2.75, 3.05) is 23.3 Å². The molecule has 33 heavy (non-hydrogen) atoms. The fraction of sp³-hybridized carbons (Fsp3) is 0.308. The molecule has 3 aromatic rings. The minimum absolute atomic E-state index is 0.273. The molecule has 7 heteroatoms. The lowest BCUT2D eigenvalue weighted by molar-refractivity contribution is -0.159. The number of amides is 1. The summed E-state index contributed by atoms with van der Waals surface area (Å²) in [6, 6.07) is 16.7. The molecule has 1 N–H and O–H groups in total. The van der Waals surface area contributed by atoms with Crippen LogP contribution in [0.4, 0.5) is 11.6 Å². The first kappa shape index (κ1) is 22.5. The molecular formula is C26H28N4O3. The van der Waals surface area contributed by atoms with Crippen molar-refractivity contribution >= 4 is 23.5 Å².